The summed E-state index contributed by atoms with van der Waals surface area (Å²) in [5.41, 5.74) is -0.476. The zero-order chi connectivity index (χ0) is 12.6. The minimum absolute atomic E-state index is 0.0256. The molecule has 2 rings (SSSR count). The molecule has 4 unspecified atom stereocenters. The van der Waals surface area contributed by atoms with Crippen LogP contribution >= 0.6 is 0 Å². The molecule has 17 heavy (non-hydrogen) atoms. The van der Waals surface area contributed by atoms with E-state index in [0.717, 1.165) is 12.8 Å². The van der Waals surface area contributed by atoms with E-state index in [0.29, 0.717) is 0 Å². The summed E-state index contributed by atoms with van der Waals surface area (Å²) >= 11 is 0. The zero-order valence-corrected chi connectivity index (χ0v) is 10.6. The lowest BCUT2D eigenvalue weighted by Gasteiger charge is -2.26. The van der Waals surface area contributed by atoms with Crippen LogP contribution in [0.2, 0.25) is 0 Å². The van der Waals surface area contributed by atoms with Crippen molar-refractivity contribution in [1.82, 2.24) is 5.32 Å². The van der Waals surface area contributed by atoms with E-state index in [1.165, 1.54) is 0 Å². The summed E-state index contributed by atoms with van der Waals surface area (Å²) in [4.78, 5) is 11.6. The monoisotopic (exact) mass is 243 g/mol. The van der Waals surface area contributed by atoms with Crippen molar-refractivity contribution in [2.75, 3.05) is 6.61 Å². The van der Waals surface area contributed by atoms with Crippen molar-refractivity contribution >= 4 is 6.09 Å². The molecule has 2 aliphatic heterocycles. The fourth-order valence-corrected chi connectivity index (χ4v) is 2.55. The number of alkyl carbamates (subject to hydrolysis) is 1. The molecule has 5 heteroatoms. The number of rotatable bonds is 2. The van der Waals surface area contributed by atoms with Crippen molar-refractivity contribution in [3.8, 4) is 0 Å². The molecule has 2 fully saturated rings. The number of fused-ring (bicyclic) bond motifs is 2. The number of ether oxygens (including phenoxy) is 2. The van der Waals surface area contributed by atoms with Crippen LogP contribution < -0.4 is 5.32 Å². The third-order valence-electron chi connectivity index (χ3n) is 3.28. The van der Waals surface area contributed by atoms with Gasteiger partial charge in [-0.2, -0.15) is 0 Å². The van der Waals surface area contributed by atoms with E-state index in [1.54, 1.807) is 0 Å². The van der Waals surface area contributed by atoms with Crippen molar-refractivity contribution in [3.05, 3.63) is 0 Å². The SMILES string of the molecule is CC(C)(C)OC(=O)NC1CC2OC1CC2CO. The van der Waals surface area contributed by atoms with E-state index in [4.69, 9.17) is 14.6 Å². The van der Waals surface area contributed by atoms with Crippen molar-refractivity contribution in [1.29, 1.82) is 0 Å². The minimum Gasteiger partial charge on any atom is -0.444 e. The van der Waals surface area contributed by atoms with Crippen LogP contribution in [0, 0.1) is 5.92 Å². The molecule has 98 valence electrons. The average molecular weight is 243 g/mol. The number of amides is 1. The Labute approximate surface area is 101 Å². The first-order chi connectivity index (χ1) is 7.89. The Morgan fingerprint density at radius 1 is 1.41 bits per heavy atom. The highest BCUT2D eigenvalue weighted by atomic mass is 16.6. The molecule has 1 amide bonds. The van der Waals surface area contributed by atoms with E-state index >= 15 is 0 Å². The first kappa shape index (κ1) is 12.6. The number of carbonyl (C=O) groups is 1. The molecular formula is C12H21NO4. The lowest BCUT2D eigenvalue weighted by molar-refractivity contribution is 0.0460. The Bertz CT molecular complexity index is 299. The van der Waals surface area contributed by atoms with E-state index in [1.807, 2.05) is 20.8 Å². The lowest BCUT2D eigenvalue weighted by atomic mass is 9.87. The molecule has 0 aromatic carbocycles. The van der Waals surface area contributed by atoms with Gasteiger partial charge in [0, 0.05) is 12.5 Å². The van der Waals surface area contributed by atoms with E-state index in [9.17, 15) is 4.79 Å². The second kappa shape index (κ2) is 4.46. The normalized spacial score (nSPS) is 36.0. The van der Waals surface area contributed by atoms with Gasteiger partial charge < -0.3 is 19.9 Å². The maximum Gasteiger partial charge on any atom is 0.407 e. The third-order valence-corrected chi connectivity index (χ3v) is 3.28. The Morgan fingerprint density at radius 3 is 2.59 bits per heavy atom. The fraction of sp³-hybridized carbons (Fsp3) is 0.917. The number of carbonyl (C=O) groups excluding carboxylic acids is 1. The lowest BCUT2D eigenvalue weighted by Crippen LogP contribution is -2.45. The summed E-state index contributed by atoms with van der Waals surface area (Å²) in [6.45, 7) is 5.68. The van der Waals surface area contributed by atoms with Crippen molar-refractivity contribution < 1.29 is 19.4 Å². The molecule has 0 aromatic rings. The highest BCUT2D eigenvalue weighted by Crippen LogP contribution is 2.38. The molecular weight excluding hydrogens is 222 g/mol. The van der Waals surface area contributed by atoms with Crippen LogP contribution in [0.5, 0.6) is 0 Å². The molecule has 2 bridgehead atoms. The number of aliphatic hydroxyl groups excluding tert-OH is 1. The molecule has 2 aliphatic rings. The van der Waals surface area contributed by atoms with Gasteiger partial charge in [-0.05, 0) is 33.6 Å². The largest absolute Gasteiger partial charge is 0.444 e. The highest BCUT2D eigenvalue weighted by molar-refractivity contribution is 5.68. The summed E-state index contributed by atoms with van der Waals surface area (Å²) < 4.78 is 10.9. The van der Waals surface area contributed by atoms with Crippen molar-refractivity contribution in [2.45, 2.75) is 57.5 Å². The van der Waals surface area contributed by atoms with E-state index in [2.05, 4.69) is 5.32 Å². The van der Waals surface area contributed by atoms with Crippen LogP contribution in [0.15, 0.2) is 0 Å². The van der Waals surface area contributed by atoms with Gasteiger partial charge in [0.05, 0.1) is 18.2 Å². The Kier molecular flexibility index (Phi) is 3.32. The number of hydrogen-bond acceptors (Lipinski definition) is 4. The number of hydrogen-bond donors (Lipinski definition) is 2. The van der Waals surface area contributed by atoms with Gasteiger partial charge in [0.25, 0.3) is 0 Å². The summed E-state index contributed by atoms with van der Waals surface area (Å²) in [6.07, 6.45) is 1.32. The Balaban J connectivity index is 1.81. The Hall–Kier alpha value is -0.810. The molecule has 2 heterocycles. The maximum atomic E-state index is 11.6. The number of nitrogens with one attached hydrogen (secondary N) is 1. The molecule has 0 saturated carbocycles. The van der Waals surface area contributed by atoms with Gasteiger partial charge in [-0.3, -0.25) is 0 Å². The molecule has 2 saturated heterocycles. The fourth-order valence-electron chi connectivity index (χ4n) is 2.55. The van der Waals surface area contributed by atoms with Crippen molar-refractivity contribution in [2.24, 2.45) is 5.92 Å². The maximum absolute atomic E-state index is 11.6. The van der Waals surface area contributed by atoms with E-state index < -0.39 is 5.60 Å². The second-order valence-electron chi connectivity index (χ2n) is 5.88. The van der Waals surface area contributed by atoms with Gasteiger partial charge in [0.15, 0.2) is 0 Å². The van der Waals surface area contributed by atoms with Gasteiger partial charge in [-0.1, -0.05) is 0 Å². The van der Waals surface area contributed by atoms with Crippen LogP contribution in [0.3, 0.4) is 0 Å². The number of aliphatic hydroxyl groups is 1. The molecule has 0 aromatic heterocycles. The summed E-state index contributed by atoms with van der Waals surface area (Å²) in [5, 5.41) is 12.0. The van der Waals surface area contributed by atoms with Gasteiger partial charge in [0.1, 0.15) is 5.60 Å². The van der Waals surface area contributed by atoms with E-state index in [-0.39, 0.29) is 36.9 Å². The average Bonchev–Trinajstić information content (AvgIpc) is 2.72. The van der Waals surface area contributed by atoms with Crippen LogP contribution in [0.1, 0.15) is 33.6 Å². The van der Waals surface area contributed by atoms with Gasteiger partial charge in [-0.25, -0.2) is 4.79 Å². The van der Waals surface area contributed by atoms with Crippen molar-refractivity contribution in [3.63, 3.8) is 0 Å². The first-order valence-electron chi connectivity index (χ1n) is 6.15. The standard InChI is InChI=1S/C12H21NO4/c1-12(2,3)17-11(15)13-8-5-9-7(6-14)4-10(8)16-9/h7-10,14H,4-6H2,1-3H3,(H,13,15). The van der Waals surface area contributed by atoms with Gasteiger partial charge in [0.2, 0.25) is 0 Å². The quantitative estimate of drug-likeness (QED) is 0.760. The van der Waals surface area contributed by atoms with Crippen LogP contribution in [0.4, 0.5) is 4.79 Å². The van der Waals surface area contributed by atoms with Crippen LogP contribution in [-0.2, 0) is 9.47 Å². The minimum atomic E-state index is -0.476. The second-order valence-corrected chi connectivity index (χ2v) is 5.88. The molecule has 0 radical (unpaired) electrons. The summed E-state index contributed by atoms with van der Waals surface area (Å²) in [6, 6.07) is 0.0256. The predicted octanol–water partition coefficient (Wildman–Crippen LogP) is 1.05. The molecule has 0 spiro atoms. The van der Waals surface area contributed by atoms with Crippen LogP contribution in [-0.4, -0.2) is 41.7 Å². The first-order valence-corrected chi connectivity index (χ1v) is 6.15. The highest BCUT2D eigenvalue weighted by Gasteiger charge is 2.47. The topological polar surface area (TPSA) is 67.8 Å². The summed E-state index contributed by atoms with van der Waals surface area (Å²) in [7, 11) is 0. The zero-order valence-electron chi connectivity index (χ0n) is 10.6. The molecule has 2 N–H and O–H groups in total. The predicted molar refractivity (Wildman–Crippen MR) is 61.6 cm³/mol. The Morgan fingerprint density at radius 2 is 2.12 bits per heavy atom. The van der Waals surface area contributed by atoms with Gasteiger partial charge >= 0.3 is 6.09 Å². The molecule has 5 nitrogen and oxygen atoms in total. The molecule has 0 aliphatic carbocycles. The smallest absolute Gasteiger partial charge is 0.407 e. The summed E-state index contributed by atoms with van der Waals surface area (Å²) in [5.74, 6) is 0.233. The van der Waals surface area contributed by atoms with Gasteiger partial charge in [-0.15, -0.1) is 0 Å². The third kappa shape index (κ3) is 2.90. The van der Waals surface area contributed by atoms with Crippen LogP contribution in [0.25, 0.3) is 0 Å². The molecule has 4 atom stereocenters.